The highest BCUT2D eigenvalue weighted by molar-refractivity contribution is 7.98. The van der Waals surface area contributed by atoms with E-state index in [1.165, 1.54) is 31.1 Å². The fourth-order valence-corrected chi connectivity index (χ4v) is 4.20. The molecule has 2 aliphatic rings. The van der Waals surface area contributed by atoms with Gasteiger partial charge in [-0.2, -0.15) is 0 Å². The van der Waals surface area contributed by atoms with Crippen LogP contribution in [0, 0.1) is 0 Å². The number of carbonyl (C=O) groups is 1. The first-order valence-electron chi connectivity index (χ1n) is 7.60. The van der Waals surface area contributed by atoms with E-state index in [9.17, 15) is 9.90 Å². The molecule has 1 aromatic rings. The third-order valence-electron chi connectivity index (χ3n) is 4.58. The summed E-state index contributed by atoms with van der Waals surface area (Å²) in [5.41, 5.74) is 1.36. The third-order valence-corrected chi connectivity index (χ3v) is 5.36. The first-order chi connectivity index (χ1) is 10.2. The smallest absolute Gasteiger partial charge is 0.338 e. The van der Waals surface area contributed by atoms with Gasteiger partial charge in [-0.3, -0.25) is 4.90 Å². The van der Waals surface area contributed by atoms with E-state index in [0.29, 0.717) is 11.6 Å². The van der Waals surface area contributed by atoms with Crippen molar-refractivity contribution in [3.8, 4) is 0 Å². The lowest BCUT2D eigenvalue weighted by atomic mass is 10.1. The SMILES string of the molecule is CSc1cccc(N2CCCN3CCCC3C2)c1C(=O)O. The van der Waals surface area contributed by atoms with Crippen LogP contribution >= 0.6 is 11.8 Å². The molecular formula is C16H22N2O2S. The van der Waals surface area contributed by atoms with E-state index in [-0.39, 0.29) is 0 Å². The Balaban J connectivity index is 1.93. The fourth-order valence-electron chi connectivity index (χ4n) is 3.59. The molecule has 4 nitrogen and oxygen atoms in total. The molecule has 21 heavy (non-hydrogen) atoms. The van der Waals surface area contributed by atoms with Gasteiger partial charge in [0.1, 0.15) is 0 Å². The van der Waals surface area contributed by atoms with Gasteiger partial charge in [-0.05, 0) is 44.2 Å². The van der Waals surface area contributed by atoms with Crippen LogP contribution in [-0.2, 0) is 0 Å². The zero-order valence-corrected chi connectivity index (χ0v) is 13.2. The van der Waals surface area contributed by atoms with Crippen molar-refractivity contribution in [2.75, 3.05) is 37.3 Å². The first-order valence-corrected chi connectivity index (χ1v) is 8.82. The summed E-state index contributed by atoms with van der Waals surface area (Å²) in [4.78, 5) is 17.4. The molecular weight excluding hydrogens is 284 g/mol. The highest BCUT2D eigenvalue weighted by Gasteiger charge is 2.30. The molecule has 0 aliphatic carbocycles. The van der Waals surface area contributed by atoms with Crippen molar-refractivity contribution in [2.24, 2.45) is 0 Å². The summed E-state index contributed by atoms with van der Waals surface area (Å²) in [6.07, 6.45) is 5.56. The Hall–Kier alpha value is -1.20. The summed E-state index contributed by atoms with van der Waals surface area (Å²) in [5, 5.41) is 9.62. The lowest BCUT2D eigenvalue weighted by Gasteiger charge is -2.28. The van der Waals surface area contributed by atoms with Gasteiger partial charge >= 0.3 is 5.97 Å². The van der Waals surface area contributed by atoms with Gasteiger partial charge < -0.3 is 10.0 Å². The van der Waals surface area contributed by atoms with E-state index >= 15 is 0 Å². The minimum absolute atomic E-state index is 0.469. The molecule has 114 valence electrons. The van der Waals surface area contributed by atoms with Crippen LogP contribution in [0.1, 0.15) is 29.6 Å². The molecule has 1 N–H and O–H groups in total. The van der Waals surface area contributed by atoms with Gasteiger partial charge in [0.2, 0.25) is 0 Å². The average molecular weight is 306 g/mol. The highest BCUT2D eigenvalue weighted by Crippen LogP contribution is 2.32. The quantitative estimate of drug-likeness (QED) is 0.870. The number of fused-ring (bicyclic) bond motifs is 1. The van der Waals surface area contributed by atoms with Gasteiger partial charge in [0.25, 0.3) is 0 Å². The predicted octanol–water partition coefficient (Wildman–Crippen LogP) is 2.78. The van der Waals surface area contributed by atoms with Gasteiger partial charge in [0.05, 0.1) is 11.3 Å². The Labute approximate surface area is 130 Å². The number of carboxylic acid groups (broad SMARTS) is 1. The molecule has 2 aliphatic heterocycles. The topological polar surface area (TPSA) is 43.8 Å². The second-order valence-electron chi connectivity index (χ2n) is 5.79. The maximum atomic E-state index is 11.7. The molecule has 0 amide bonds. The molecule has 2 saturated heterocycles. The van der Waals surface area contributed by atoms with E-state index in [2.05, 4.69) is 9.80 Å². The van der Waals surface area contributed by atoms with Crippen molar-refractivity contribution >= 4 is 23.4 Å². The van der Waals surface area contributed by atoms with E-state index < -0.39 is 5.97 Å². The fraction of sp³-hybridized carbons (Fsp3) is 0.562. The molecule has 0 spiro atoms. The van der Waals surface area contributed by atoms with Crippen LogP contribution in [0.3, 0.4) is 0 Å². The largest absolute Gasteiger partial charge is 0.478 e. The Kier molecular flexibility index (Phi) is 4.40. The molecule has 2 heterocycles. The molecule has 5 heteroatoms. The van der Waals surface area contributed by atoms with Crippen molar-refractivity contribution in [1.82, 2.24) is 4.90 Å². The number of thioether (sulfide) groups is 1. The van der Waals surface area contributed by atoms with Crippen LogP contribution in [0.5, 0.6) is 0 Å². The number of nitrogens with zero attached hydrogens (tertiary/aromatic N) is 2. The standard InChI is InChI=1S/C16H22N2O2S/c1-21-14-7-2-6-13(15(14)16(19)20)18-10-4-9-17-8-3-5-12(17)11-18/h2,6-7,12H,3-5,8-11H2,1H3,(H,19,20). The monoisotopic (exact) mass is 306 g/mol. The Bertz CT molecular complexity index is 535. The van der Waals surface area contributed by atoms with Crippen molar-refractivity contribution in [3.63, 3.8) is 0 Å². The zero-order chi connectivity index (χ0) is 14.8. The molecule has 0 bridgehead atoms. The minimum atomic E-state index is -0.817. The molecule has 1 unspecified atom stereocenters. The summed E-state index contributed by atoms with van der Waals surface area (Å²) in [6.45, 7) is 4.25. The average Bonchev–Trinajstić information content (AvgIpc) is 2.83. The minimum Gasteiger partial charge on any atom is -0.478 e. The lowest BCUT2D eigenvalue weighted by molar-refractivity contribution is 0.0694. The molecule has 0 aromatic heterocycles. The number of rotatable bonds is 3. The predicted molar refractivity (Wildman–Crippen MR) is 86.6 cm³/mol. The summed E-state index contributed by atoms with van der Waals surface area (Å²) in [5.74, 6) is -0.817. The summed E-state index contributed by atoms with van der Waals surface area (Å²) in [7, 11) is 0. The van der Waals surface area contributed by atoms with Crippen LogP contribution in [0.2, 0.25) is 0 Å². The maximum absolute atomic E-state index is 11.7. The molecule has 3 rings (SSSR count). The molecule has 2 fully saturated rings. The van der Waals surface area contributed by atoms with Gasteiger partial charge in [-0.25, -0.2) is 4.79 Å². The molecule has 1 atom stereocenters. The number of anilines is 1. The highest BCUT2D eigenvalue weighted by atomic mass is 32.2. The first kappa shape index (κ1) is 14.7. The summed E-state index contributed by atoms with van der Waals surface area (Å²) >= 11 is 1.51. The Morgan fingerprint density at radius 3 is 2.86 bits per heavy atom. The molecule has 1 aromatic carbocycles. The summed E-state index contributed by atoms with van der Waals surface area (Å²) < 4.78 is 0. The number of hydrogen-bond donors (Lipinski definition) is 1. The second-order valence-corrected chi connectivity index (χ2v) is 6.64. The Morgan fingerprint density at radius 1 is 1.29 bits per heavy atom. The van der Waals surface area contributed by atoms with Crippen molar-refractivity contribution in [1.29, 1.82) is 0 Å². The zero-order valence-electron chi connectivity index (χ0n) is 12.4. The Morgan fingerprint density at radius 2 is 2.10 bits per heavy atom. The molecule has 0 saturated carbocycles. The van der Waals surface area contributed by atoms with E-state index in [4.69, 9.17) is 0 Å². The normalized spacial score (nSPS) is 22.9. The molecule has 0 radical (unpaired) electrons. The number of hydrogen-bond acceptors (Lipinski definition) is 4. The van der Waals surface area contributed by atoms with Gasteiger partial charge in [-0.1, -0.05) is 6.07 Å². The maximum Gasteiger partial charge on any atom is 0.338 e. The van der Waals surface area contributed by atoms with E-state index in [0.717, 1.165) is 36.6 Å². The third kappa shape index (κ3) is 2.90. The van der Waals surface area contributed by atoms with Gasteiger partial charge in [0.15, 0.2) is 0 Å². The van der Waals surface area contributed by atoms with Crippen molar-refractivity contribution in [3.05, 3.63) is 23.8 Å². The number of carboxylic acids is 1. The van der Waals surface area contributed by atoms with Crippen LogP contribution in [0.25, 0.3) is 0 Å². The van der Waals surface area contributed by atoms with Crippen molar-refractivity contribution < 1.29 is 9.90 Å². The van der Waals surface area contributed by atoms with Crippen LogP contribution in [0.4, 0.5) is 5.69 Å². The van der Waals surface area contributed by atoms with Crippen LogP contribution in [0.15, 0.2) is 23.1 Å². The van der Waals surface area contributed by atoms with Crippen LogP contribution in [-0.4, -0.2) is 54.5 Å². The van der Waals surface area contributed by atoms with E-state index in [1.54, 1.807) is 0 Å². The van der Waals surface area contributed by atoms with Gasteiger partial charge in [0, 0.05) is 30.6 Å². The van der Waals surface area contributed by atoms with Crippen molar-refractivity contribution in [2.45, 2.75) is 30.2 Å². The number of aromatic carboxylic acids is 1. The van der Waals surface area contributed by atoms with E-state index in [1.807, 2.05) is 24.5 Å². The number of benzene rings is 1. The second kappa shape index (κ2) is 6.28. The lowest BCUT2D eigenvalue weighted by Crippen LogP contribution is -2.37. The van der Waals surface area contributed by atoms with Gasteiger partial charge in [-0.15, -0.1) is 11.8 Å². The van der Waals surface area contributed by atoms with Crippen LogP contribution < -0.4 is 4.90 Å². The summed E-state index contributed by atoms with van der Waals surface area (Å²) in [6, 6.07) is 6.43.